The van der Waals surface area contributed by atoms with E-state index in [1.54, 1.807) is 0 Å². The molecule has 0 bridgehead atoms. The average molecular weight is 233 g/mol. The molecule has 0 spiro atoms. The van der Waals surface area contributed by atoms with Crippen LogP contribution in [-0.4, -0.2) is 26.8 Å². The first-order valence-electron chi connectivity index (χ1n) is 4.08. The molecule has 0 aromatic heterocycles. The van der Waals surface area contributed by atoms with Crippen LogP contribution in [0.5, 0.6) is 0 Å². The summed E-state index contributed by atoms with van der Waals surface area (Å²) in [6.45, 7) is 0. The fraction of sp³-hybridized carbons (Fsp3) is 0.250. The van der Waals surface area contributed by atoms with Gasteiger partial charge in [0.1, 0.15) is 5.82 Å². The number of benzene rings is 1. The van der Waals surface area contributed by atoms with Crippen molar-refractivity contribution in [3.8, 4) is 0 Å². The van der Waals surface area contributed by atoms with Crippen LogP contribution in [0.3, 0.4) is 0 Å². The molecular weight excluding hydrogens is 221 g/mol. The van der Waals surface area contributed by atoms with Gasteiger partial charge in [-0.15, -0.1) is 0 Å². The number of halogens is 1. The lowest BCUT2D eigenvalue weighted by atomic mass is 10.3. The summed E-state index contributed by atoms with van der Waals surface area (Å²) in [7, 11) is -0.852. The number of rotatable bonds is 3. The number of hydrogen-bond acceptors (Lipinski definition) is 3. The van der Waals surface area contributed by atoms with Gasteiger partial charge < -0.3 is 5.73 Å². The SMILES string of the molecule is CN(C)S(=O)(=O)Nc1ccc(F)cc1N. The quantitative estimate of drug-likeness (QED) is 0.752. The molecule has 0 fully saturated rings. The summed E-state index contributed by atoms with van der Waals surface area (Å²) < 4.78 is 38.7. The molecule has 0 amide bonds. The number of nitrogen functional groups attached to an aromatic ring is 1. The molecule has 0 unspecified atom stereocenters. The van der Waals surface area contributed by atoms with Crippen molar-refractivity contribution in [1.82, 2.24) is 4.31 Å². The summed E-state index contributed by atoms with van der Waals surface area (Å²) >= 11 is 0. The van der Waals surface area contributed by atoms with Crippen molar-refractivity contribution in [3.05, 3.63) is 24.0 Å². The second-order valence-electron chi connectivity index (χ2n) is 3.12. The molecule has 15 heavy (non-hydrogen) atoms. The number of nitrogens with one attached hydrogen (secondary N) is 1. The number of anilines is 2. The molecule has 3 N–H and O–H groups in total. The Kier molecular flexibility index (Phi) is 3.15. The largest absolute Gasteiger partial charge is 0.397 e. The minimum atomic E-state index is -3.61. The van der Waals surface area contributed by atoms with E-state index in [0.717, 1.165) is 16.4 Å². The molecule has 0 saturated heterocycles. The van der Waals surface area contributed by atoms with Gasteiger partial charge in [-0.05, 0) is 18.2 Å². The molecule has 0 saturated carbocycles. The second kappa shape index (κ2) is 4.03. The van der Waals surface area contributed by atoms with Gasteiger partial charge in [-0.1, -0.05) is 0 Å². The van der Waals surface area contributed by atoms with Crippen molar-refractivity contribution in [2.24, 2.45) is 0 Å². The molecule has 5 nitrogen and oxygen atoms in total. The standard InChI is InChI=1S/C8H12FN3O2S/c1-12(2)15(13,14)11-8-4-3-6(9)5-7(8)10/h3-5,11H,10H2,1-2H3. The van der Waals surface area contributed by atoms with Gasteiger partial charge >= 0.3 is 10.2 Å². The summed E-state index contributed by atoms with van der Waals surface area (Å²) in [6, 6.07) is 3.45. The van der Waals surface area contributed by atoms with Crippen LogP contribution in [0.2, 0.25) is 0 Å². The third-order valence-corrected chi connectivity index (χ3v) is 3.17. The highest BCUT2D eigenvalue weighted by atomic mass is 32.2. The van der Waals surface area contributed by atoms with Crippen molar-refractivity contribution in [2.45, 2.75) is 0 Å². The molecule has 84 valence electrons. The van der Waals surface area contributed by atoms with Gasteiger partial charge in [0.25, 0.3) is 0 Å². The van der Waals surface area contributed by atoms with E-state index in [1.165, 1.54) is 20.2 Å². The van der Waals surface area contributed by atoms with E-state index in [0.29, 0.717) is 0 Å². The van der Waals surface area contributed by atoms with E-state index in [-0.39, 0.29) is 11.4 Å². The molecule has 1 rings (SSSR count). The molecule has 0 aliphatic rings. The zero-order valence-electron chi connectivity index (χ0n) is 8.36. The normalized spacial score (nSPS) is 11.7. The Balaban J connectivity index is 3.01. The van der Waals surface area contributed by atoms with Crippen molar-refractivity contribution in [3.63, 3.8) is 0 Å². The first-order valence-corrected chi connectivity index (χ1v) is 5.52. The molecule has 0 aliphatic carbocycles. The first kappa shape index (κ1) is 11.7. The highest BCUT2D eigenvalue weighted by Gasteiger charge is 2.14. The topological polar surface area (TPSA) is 75.4 Å². The van der Waals surface area contributed by atoms with Gasteiger partial charge in [0.05, 0.1) is 11.4 Å². The molecule has 0 heterocycles. The van der Waals surface area contributed by atoms with Crippen molar-refractivity contribution < 1.29 is 12.8 Å². The zero-order chi connectivity index (χ0) is 11.6. The fourth-order valence-corrected chi connectivity index (χ4v) is 1.50. The Hall–Kier alpha value is -1.34. The second-order valence-corrected chi connectivity index (χ2v) is 5.01. The third kappa shape index (κ3) is 2.80. The lowest BCUT2D eigenvalue weighted by Crippen LogP contribution is -2.29. The first-order chi connectivity index (χ1) is 6.83. The van der Waals surface area contributed by atoms with Crippen LogP contribution < -0.4 is 10.5 Å². The number of nitrogens with two attached hydrogens (primary N) is 1. The van der Waals surface area contributed by atoms with Gasteiger partial charge in [0, 0.05) is 14.1 Å². The van der Waals surface area contributed by atoms with E-state index in [9.17, 15) is 12.8 Å². The summed E-state index contributed by atoms with van der Waals surface area (Å²) in [5, 5.41) is 0. The van der Waals surface area contributed by atoms with Crippen molar-refractivity contribution >= 4 is 21.6 Å². The van der Waals surface area contributed by atoms with Gasteiger partial charge in [-0.25, -0.2) is 4.39 Å². The van der Waals surface area contributed by atoms with Crippen molar-refractivity contribution in [2.75, 3.05) is 24.6 Å². The third-order valence-electron chi connectivity index (χ3n) is 1.73. The molecule has 0 aliphatic heterocycles. The number of hydrogen-bond donors (Lipinski definition) is 2. The lowest BCUT2D eigenvalue weighted by molar-refractivity contribution is 0.527. The average Bonchev–Trinajstić information content (AvgIpc) is 2.09. The Morgan fingerprint density at radius 3 is 2.47 bits per heavy atom. The lowest BCUT2D eigenvalue weighted by Gasteiger charge is -2.14. The minimum absolute atomic E-state index is 0.0421. The summed E-state index contributed by atoms with van der Waals surface area (Å²) in [4.78, 5) is 0. The van der Waals surface area contributed by atoms with Gasteiger partial charge in [0.15, 0.2) is 0 Å². The number of nitrogens with zero attached hydrogens (tertiary/aromatic N) is 1. The highest BCUT2D eigenvalue weighted by Crippen LogP contribution is 2.20. The van der Waals surface area contributed by atoms with Gasteiger partial charge in [-0.3, -0.25) is 4.72 Å². The molecule has 0 atom stereocenters. The molecule has 0 radical (unpaired) electrons. The molecule has 1 aromatic carbocycles. The smallest absolute Gasteiger partial charge is 0.301 e. The minimum Gasteiger partial charge on any atom is -0.397 e. The van der Waals surface area contributed by atoms with E-state index < -0.39 is 16.0 Å². The molecule has 7 heteroatoms. The molecular formula is C8H12FN3O2S. The Labute approximate surface area is 87.9 Å². The van der Waals surface area contributed by atoms with Crippen molar-refractivity contribution in [1.29, 1.82) is 0 Å². The van der Waals surface area contributed by atoms with E-state index in [1.807, 2.05) is 0 Å². The Bertz CT molecular complexity index is 459. The van der Waals surface area contributed by atoms with Crippen LogP contribution in [0.25, 0.3) is 0 Å². The molecule has 1 aromatic rings. The maximum Gasteiger partial charge on any atom is 0.301 e. The maximum absolute atomic E-state index is 12.7. The van der Waals surface area contributed by atoms with E-state index in [4.69, 9.17) is 5.73 Å². The van der Waals surface area contributed by atoms with Crippen LogP contribution in [0, 0.1) is 5.82 Å². The summed E-state index contributed by atoms with van der Waals surface area (Å²) in [6.07, 6.45) is 0. The monoisotopic (exact) mass is 233 g/mol. The predicted molar refractivity (Wildman–Crippen MR) is 57.0 cm³/mol. The fourth-order valence-electron chi connectivity index (χ4n) is 0.857. The van der Waals surface area contributed by atoms with Gasteiger partial charge in [0.2, 0.25) is 0 Å². The van der Waals surface area contributed by atoms with Crippen LogP contribution >= 0.6 is 0 Å². The van der Waals surface area contributed by atoms with Crippen LogP contribution in [0.15, 0.2) is 18.2 Å². The van der Waals surface area contributed by atoms with Crippen LogP contribution in [0.4, 0.5) is 15.8 Å². The van der Waals surface area contributed by atoms with E-state index >= 15 is 0 Å². The van der Waals surface area contributed by atoms with Crippen LogP contribution in [0.1, 0.15) is 0 Å². The van der Waals surface area contributed by atoms with Crippen LogP contribution in [-0.2, 0) is 10.2 Å². The highest BCUT2D eigenvalue weighted by molar-refractivity contribution is 7.90. The summed E-state index contributed by atoms with van der Waals surface area (Å²) in [5.74, 6) is -0.514. The van der Waals surface area contributed by atoms with E-state index in [2.05, 4.69) is 4.72 Å². The maximum atomic E-state index is 12.7. The predicted octanol–water partition coefficient (Wildman–Crippen LogP) is 0.626. The van der Waals surface area contributed by atoms with Gasteiger partial charge in [-0.2, -0.15) is 12.7 Å². The Morgan fingerprint density at radius 1 is 1.40 bits per heavy atom. The zero-order valence-corrected chi connectivity index (χ0v) is 9.18. The Morgan fingerprint density at radius 2 is 2.00 bits per heavy atom. The summed E-state index contributed by atoms with van der Waals surface area (Å²) in [5.41, 5.74) is 5.64.